The summed E-state index contributed by atoms with van der Waals surface area (Å²) in [5.41, 5.74) is 1.17. The topological polar surface area (TPSA) is 55.8 Å². The van der Waals surface area contributed by atoms with Crippen LogP contribution in [0.25, 0.3) is 0 Å². The Bertz CT molecular complexity index is 815. The molecular formula is C21H23NO4. The summed E-state index contributed by atoms with van der Waals surface area (Å²) in [4.78, 5) is 26.8. The Labute approximate surface area is 153 Å². The fourth-order valence-corrected chi connectivity index (χ4v) is 3.26. The van der Waals surface area contributed by atoms with Gasteiger partial charge in [-0.15, -0.1) is 0 Å². The fraction of sp³-hybridized carbons (Fsp3) is 0.333. The number of esters is 1. The summed E-state index contributed by atoms with van der Waals surface area (Å²) in [6.45, 7) is 4.66. The molecule has 1 unspecified atom stereocenters. The first-order valence-electron chi connectivity index (χ1n) is 8.71. The maximum atomic E-state index is 13.0. The Morgan fingerprint density at radius 3 is 2.58 bits per heavy atom. The Morgan fingerprint density at radius 2 is 1.88 bits per heavy atom. The molecule has 0 radical (unpaired) electrons. The zero-order valence-corrected chi connectivity index (χ0v) is 15.3. The quantitative estimate of drug-likeness (QED) is 0.775. The first-order valence-corrected chi connectivity index (χ1v) is 8.71. The molecule has 1 heterocycles. The summed E-state index contributed by atoms with van der Waals surface area (Å²) in [5.74, 6) is 0.140. The molecule has 0 saturated heterocycles. The molecule has 5 nitrogen and oxygen atoms in total. The van der Waals surface area contributed by atoms with E-state index in [4.69, 9.17) is 9.47 Å². The standard InChI is InChI=1S/C21H23NO4/c1-4-25-17-11-9-15(10-12-17)14-22(3)20(24)21(2)13-16-7-5-6-8-18(16)19(23)26-21/h5-12H,4,13-14H2,1-3H3. The van der Waals surface area contributed by atoms with Crippen LogP contribution in [0.2, 0.25) is 0 Å². The predicted molar refractivity (Wildman–Crippen MR) is 98.1 cm³/mol. The minimum Gasteiger partial charge on any atom is -0.494 e. The third-order valence-corrected chi connectivity index (χ3v) is 4.54. The van der Waals surface area contributed by atoms with Crippen LogP contribution in [-0.4, -0.2) is 36.0 Å². The average Bonchev–Trinajstić information content (AvgIpc) is 2.63. The van der Waals surface area contributed by atoms with E-state index in [0.717, 1.165) is 16.9 Å². The Balaban J connectivity index is 1.73. The van der Waals surface area contributed by atoms with Crippen molar-refractivity contribution in [1.82, 2.24) is 4.90 Å². The number of nitrogens with zero attached hydrogens (tertiary/aromatic N) is 1. The zero-order chi connectivity index (χ0) is 18.7. The molecule has 0 N–H and O–H groups in total. The van der Waals surface area contributed by atoms with Gasteiger partial charge in [-0.3, -0.25) is 4.79 Å². The van der Waals surface area contributed by atoms with Crippen molar-refractivity contribution in [1.29, 1.82) is 0 Å². The van der Waals surface area contributed by atoms with Gasteiger partial charge in [0.2, 0.25) is 0 Å². The number of fused-ring (bicyclic) bond motifs is 1. The molecule has 26 heavy (non-hydrogen) atoms. The third-order valence-electron chi connectivity index (χ3n) is 4.54. The maximum Gasteiger partial charge on any atom is 0.339 e. The molecule has 0 spiro atoms. The molecule has 3 rings (SSSR count). The maximum absolute atomic E-state index is 13.0. The summed E-state index contributed by atoms with van der Waals surface area (Å²) >= 11 is 0. The third kappa shape index (κ3) is 3.57. The van der Waals surface area contributed by atoms with Gasteiger partial charge >= 0.3 is 5.97 Å². The second-order valence-corrected chi connectivity index (χ2v) is 6.69. The van der Waals surface area contributed by atoms with E-state index in [0.29, 0.717) is 25.1 Å². The van der Waals surface area contributed by atoms with Gasteiger partial charge in [-0.2, -0.15) is 0 Å². The van der Waals surface area contributed by atoms with Gasteiger partial charge in [-0.05, 0) is 43.2 Å². The number of likely N-dealkylation sites (N-methyl/N-ethyl adjacent to an activating group) is 1. The summed E-state index contributed by atoms with van der Waals surface area (Å²) in [7, 11) is 1.72. The number of amides is 1. The van der Waals surface area contributed by atoms with Crippen LogP contribution in [0.5, 0.6) is 5.75 Å². The van der Waals surface area contributed by atoms with Crippen molar-refractivity contribution in [3.8, 4) is 5.75 Å². The molecule has 1 aliphatic rings. The predicted octanol–water partition coefficient (Wildman–Crippen LogP) is 3.22. The molecule has 0 aromatic heterocycles. The van der Waals surface area contributed by atoms with Crippen molar-refractivity contribution < 1.29 is 19.1 Å². The number of carbonyl (C=O) groups is 2. The van der Waals surface area contributed by atoms with Crippen LogP contribution in [0, 0.1) is 0 Å². The molecule has 2 aromatic rings. The molecule has 0 bridgehead atoms. The van der Waals surface area contributed by atoms with Gasteiger partial charge < -0.3 is 14.4 Å². The van der Waals surface area contributed by atoms with Gasteiger partial charge in [0.05, 0.1) is 12.2 Å². The lowest BCUT2D eigenvalue weighted by Gasteiger charge is -2.36. The van der Waals surface area contributed by atoms with Crippen LogP contribution in [0.4, 0.5) is 0 Å². The Kier molecular flexibility index (Phi) is 4.98. The van der Waals surface area contributed by atoms with Gasteiger partial charge in [0.15, 0.2) is 5.60 Å². The van der Waals surface area contributed by atoms with Crippen LogP contribution < -0.4 is 4.74 Å². The Hall–Kier alpha value is -2.82. The van der Waals surface area contributed by atoms with Crippen LogP contribution in [0.3, 0.4) is 0 Å². The minimum atomic E-state index is -1.19. The summed E-state index contributed by atoms with van der Waals surface area (Å²) in [6, 6.07) is 14.9. The number of benzene rings is 2. The molecule has 1 amide bonds. The molecular weight excluding hydrogens is 330 g/mol. The van der Waals surface area contributed by atoms with Crippen molar-refractivity contribution in [3.05, 3.63) is 65.2 Å². The molecule has 0 saturated carbocycles. The molecule has 0 fully saturated rings. The van der Waals surface area contributed by atoms with E-state index in [1.165, 1.54) is 0 Å². The highest BCUT2D eigenvalue weighted by Crippen LogP contribution is 2.30. The molecule has 136 valence electrons. The lowest BCUT2D eigenvalue weighted by Crippen LogP contribution is -2.51. The van der Waals surface area contributed by atoms with Crippen molar-refractivity contribution >= 4 is 11.9 Å². The van der Waals surface area contributed by atoms with E-state index in [1.807, 2.05) is 43.3 Å². The van der Waals surface area contributed by atoms with E-state index in [2.05, 4.69) is 0 Å². The van der Waals surface area contributed by atoms with Crippen molar-refractivity contribution in [2.45, 2.75) is 32.4 Å². The zero-order valence-electron chi connectivity index (χ0n) is 15.3. The number of hydrogen-bond acceptors (Lipinski definition) is 4. The monoisotopic (exact) mass is 353 g/mol. The molecule has 1 aliphatic heterocycles. The number of ether oxygens (including phenoxy) is 2. The van der Waals surface area contributed by atoms with E-state index < -0.39 is 11.6 Å². The highest BCUT2D eigenvalue weighted by molar-refractivity contribution is 5.97. The second kappa shape index (κ2) is 7.20. The van der Waals surface area contributed by atoms with E-state index in [-0.39, 0.29) is 5.91 Å². The second-order valence-electron chi connectivity index (χ2n) is 6.69. The van der Waals surface area contributed by atoms with E-state index in [1.54, 1.807) is 31.0 Å². The van der Waals surface area contributed by atoms with Crippen molar-refractivity contribution in [2.24, 2.45) is 0 Å². The van der Waals surface area contributed by atoms with Gasteiger partial charge in [0.25, 0.3) is 5.91 Å². The normalized spacial score (nSPS) is 18.7. The van der Waals surface area contributed by atoms with Gasteiger partial charge in [0.1, 0.15) is 5.75 Å². The Morgan fingerprint density at radius 1 is 1.19 bits per heavy atom. The van der Waals surface area contributed by atoms with Crippen LogP contribution in [0.1, 0.15) is 35.3 Å². The number of cyclic esters (lactones) is 1. The smallest absolute Gasteiger partial charge is 0.339 e. The van der Waals surface area contributed by atoms with Gasteiger partial charge in [-0.1, -0.05) is 30.3 Å². The summed E-state index contributed by atoms with van der Waals surface area (Å²) in [6.07, 6.45) is 0.376. The van der Waals surface area contributed by atoms with Crippen molar-refractivity contribution in [3.63, 3.8) is 0 Å². The van der Waals surface area contributed by atoms with E-state index >= 15 is 0 Å². The first-order chi connectivity index (χ1) is 12.4. The SMILES string of the molecule is CCOc1ccc(CN(C)C(=O)C2(C)Cc3ccccc3C(=O)O2)cc1. The highest BCUT2D eigenvalue weighted by atomic mass is 16.6. The summed E-state index contributed by atoms with van der Waals surface area (Å²) < 4.78 is 11.0. The highest BCUT2D eigenvalue weighted by Gasteiger charge is 2.44. The lowest BCUT2D eigenvalue weighted by molar-refractivity contribution is -0.150. The van der Waals surface area contributed by atoms with Gasteiger partial charge in [-0.25, -0.2) is 4.79 Å². The number of rotatable bonds is 5. The number of carbonyl (C=O) groups excluding carboxylic acids is 2. The fourth-order valence-electron chi connectivity index (χ4n) is 3.26. The minimum absolute atomic E-state index is 0.214. The van der Waals surface area contributed by atoms with Crippen molar-refractivity contribution in [2.75, 3.05) is 13.7 Å². The molecule has 5 heteroatoms. The van der Waals surface area contributed by atoms with Crippen LogP contribution in [0.15, 0.2) is 48.5 Å². The summed E-state index contributed by atoms with van der Waals surface area (Å²) in [5, 5.41) is 0. The van der Waals surface area contributed by atoms with Gasteiger partial charge in [0, 0.05) is 20.0 Å². The largest absolute Gasteiger partial charge is 0.494 e. The van der Waals surface area contributed by atoms with E-state index in [9.17, 15) is 9.59 Å². The van der Waals surface area contributed by atoms with Crippen LogP contribution in [-0.2, 0) is 22.5 Å². The first kappa shape index (κ1) is 18.0. The molecule has 0 aliphatic carbocycles. The lowest BCUT2D eigenvalue weighted by atomic mass is 9.89. The number of hydrogen-bond donors (Lipinski definition) is 0. The molecule has 2 aromatic carbocycles. The van der Waals surface area contributed by atoms with Crippen LogP contribution >= 0.6 is 0 Å². The average molecular weight is 353 g/mol. The molecule has 1 atom stereocenters.